The number of anilines is 1. The van der Waals surface area contributed by atoms with Crippen LogP contribution in [0.4, 0.5) is 10.1 Å². The molecule has 1 atom stereocenters. The van der Waals surface area contributed by atoms with Crippen LogP contribution < -0.4 is 10.6 Å². The lowest BCUT2D eigenvalue weighted by molar-refractivity contribution is -0.112. The van der Waals surface area contributed by atoms with Gasteiger partial charge in [-0.2, -0.15) is 0 Å². The van der Waals surface area contributed by atoms with Crippen molar-refractivity contribution in [2.24, 2.45) is 0 Å². The molecule has 1 heterocycles. The molecule has 1 aliphatic rings. The highest BCUT2D eigenvalue weighted by molar-refractivity contribution is 8.04. The fourth-order valence-corrected chi connectivity index (χ4v) is 4.36. The van der Waals surface area contributed by atoms with E-state index >= 15 is 0 Å². The number of fused-ring (bicyclic) bond motifs is 1. The van der Waals surface area contributed by atoms with Gasteiger partial charge in [-0.05, 0) is 55.7 Å². The van der Waals surface area contributed by atoms with E-state index in [0.717, 1.165) is 17.7 Å². The van der Waals surface area contributed by atoms with Crippen molar-refractivity contribution in [3.8, 4) is 0 Å². The Morgan fingerprint density at radius 3 is 2.62 bits per heavy atom. The van der Waals surface area contributed by atoms with E-state index in [-0.39, 0.29) is 23.7 Å². The number of aryl methyl sites for hydroxylation is 1. The molecule has 0 fully saturated rings. The minimum absolute atomic E-state index is 0.0120. The van der Waals surface area contributed by atoms with E-state index in [1.54, 1.807) is 36.4 Å². The lowest BCUT2D eigenvalue weighted by Gasteiger charge is -2.20. The maximum atomic E-state index is 13.9. The van der Waals surface area contributed by atoms with Crippen molar-refractivity contribution in [1.29, 1.82) is 0 Å². The van der Waals surface area contributed by atoms with E-state index in [1.165, 1.54) is 29.5 Å². The smallest absolute Gasteiger partial charge is 0.262 e. The van der Waals surface area contributed by atoms with E-state index in [0.29, 0.717) is 21.7 Å². The predicted molar refractivity (Wildman–Crippen MR) is 127 cm³/mol. The topological polar surface area (TPSA) is 58.2 Å². The van der Waals surface area contributed by atoms with Crippen LogP contribution in [0.1, 0.15) is 34.8 Å². The summed E-state index contributed by atoms with van der Waals surface area (Å²) in [6.45, 7) is 1.98. The zero-order valence-electron chi connectivity index (χ0n) is 17.6. The van der Waals surface area contributed by atoms with Gasteiger partial charge in [-0.3, -0.25) is 9.59 Å². The Morgan fingerprint density at radius 1 is 1.09 bits per heavy atom. The van der Waals surface area contributed by atoms with Gasteiger partial charge in [0.25, 0.3) is 11.8 Å². The molecule has 162 valence electrons. The van der Waals surface area contributed by atoms with Crippen LogP contribution in [0, 0.1) is 5.82 Å². The summed E-state index contributed by atoms with van der Waals surface area (Å²) >= 11 is 1.26. The number of halogens is 1. The Labute approximate surface area is 190 Å². The number of hydrogen-bond acceptors (Lipinski definition) is 3. The molecular formula is C26H23FN2O2S. The van der Waals surface area contributed by atoms with Crippen molar-refractivity contribution < 1.29 is 14.0 Å². The van der Waals surface area contributed by atoms with Crippen molar-refractivity contribution in [1.82, 2.24) is 5.32 Å². The lowest BCUT2D eigenvalue weighted by Crippen LogP contribution is -2.33. The largest absolute Gasteiger partial charge is 0.350 e. The summed E-state index contributed by atoms with van der Waals surface area (Å²) in [4.78, 5) is 26.4. The number of carbonyl (C=O) groups excluding carboxylic acids is 2. The first kappa shape index (κ1) is 21.8. The summed E-state index contributed by atoms with van der Waals surface area (Å²) in [5.74, 6) is -0.882. The van der Waals surface area contributed by atoms with Crippen molar-refractivity contribution in [3.63, 3.8) is 0 Å². The number of nitrogens with one attached hydrogen (secondary N) is 2. The molecule has 0 aliphatic carbocycles. The minimum Gasteiger partial charge on any atom is -0.350 e. The molecule has 0 aromatic heterocycles. The Balaban J connectivity index is 1.42. The second-order valence-corrected chi connectivity index (χ2v) is 8.78. The normalized spacial score (nSPS) is 15.1. The average Bonchev–Trinajstić information content (AvgIpc) is 2.80. The molecular weight excluding hydrogens is 423 g/mol. The molecule has 1 unspecified atom stereocenters. The van der Waals surface area contributed by atoms with Crippen molar-refractivity contribution in [2.75, 3.05) is 5.32 Å². The molecule has 0 radical (unpaired) electrons. The van der Waals surface area contributed by atoms with Crippen molar-refractivity contribution in [2.45, 2.75) is 30.7 Å². The van der Waals surface area contributed by atoms with Crippen LogP contribution in [0.2, 0.25) is 0 Å². The standard InChI is InChI=1S/C26H23FN2O2S/c1-17(11-12-18-7-3-2-4-8-18)28-25(30)20-13-14-23-22(15-20)29-26(31)24(32-23)16-19-9-5-6-10-21(19)27/h2-10,13-17H,11-12H2,1H3,(H,28,30)(H,29,31)/b24-16+. The zero-order valence-corrected chi connectivity index (χ0v) is 18.4. The number of rotatable bonds is 6. The van der Waals surface area contributed by atoms with Crippen LogP contribution in [0.5, 0.6) is 0 Å². The number of thioether (sulfide) groups is 1. The fraction of sp³-hybridized carbons (Fsp3) is 0.154. The van der Waals surface area contributed by atoms with E-state index in [9.17, 15) is 14.0 Å². The first-order chi connectivity index (χ1) is 15.5. The Bertz CT molecular complexity index is 1180. The van der Waals surface area contributed by atoms with Crippen LogP contribution in [0.25, 0.3) is 6.08 Å². The average molecular weight is 447 g/mol. The number of amides is 2. The molecule has 0 bridgehead atoms. The highest BCUT2D eigenvalue weighted by atomic mass is 32.2. The van der Waals surface area contributed by atoms with Crippen molar-refractivity contribution >= 4 is 35.3 Å². The molecule has 3 aromatic rings. The Morgan fingerprint density at radius 2 is 1.84 bits per heavy atom. The van der Waals surface area contributed by atoms with Gasteiger partial charge in [-0.1, -0.05) is 60.3 Å². The molecule has 1 aliphatic heterocycles. The second kappa shape index (κ2) is 9.83. The third-order valence-corrected chi connectivity index (χ3v) is 6.31. The molecule has 4 rings (SSSR count). The van der Waals surface area contributed by atoms with Gasteiger partial charge in [0.15, 0.2) is 0 Å². The summed E-state index contributed by atoms with van der Waals surface area (Å²) < 4.78 is 13.9. The van der Waals surface area contributed by atoms with E-state index in [2.05, 4.69) is 22.8 Å². The molecule has 3 aromatic carbocycles. The number of benzene rings is 3. The SMILES string of the molecule is CC(CCc1ccccc1)NC(=O)c1ccc2c(c1)NC(=O)/C(=C\c1ccccc1F)S2. The summed E-state index contributed by atoms with van der Waals surface area (Å²) in [5.41, 5.74) is 2.66. The highest BCUT2D eigenvalue weighted by Crippen LogP contribution is 2.39. The van der Waals surface area contributed by atoms with Crippen LogP contribution >= 0.6 is 11.8 Å². The monoisotopic (exact) mass is 446 g/mol. The summed E-state index contributed by atoms with van der Waals surface area (Å²) in [6, 6.07) is 21.7. The lowest BCUT2D eigenvalue weighted by atomic mass is 10.1. The van der Waals surface area contributed by atoms with Gasteiger partial charge in [0.1, 0.15) is 5.82 Å². The molecule has 2 N–H and O–H groups in total. The summed E-state index contributed by atoms with van der Waals surface area (Å²) in [7, 11) is 0. The molecule has 32 heavy (non-hydrogen) atoms. The Hall–Kier alpha value is -3.38. The predicted octanol–water partition coefficient (Wildman–Crippen LogP) is 5.66. The van der Waals surface area contributed by atoms with E-state index < -0.39 is 0 Å². The van der Waals surface area contributed by atoms with Crippen LogP contribution in [0.15, 0.2) is 82.6 Å². The van der Waals surface area contributed by atoms with Gasteiger partial charge in [0.05, 0.1) is 10.6 Å². The number of hydrogen-bond donors (Lipinski definition) is 2. The molecule has 0 saturated carbocycles. The maximum Gasteiger partial charge on any atom is 0.262 e. The maximum absolute atomic E-state index is 13.9. The fourth-order valence-electron chi connectivity index (χ4n) is 3.44. The first-order valence-electron chi connectivity index (χ1n) is 10.4. The zero-order chi connectivity index (χ0) is 22.5. The van der Waals surface area contributed by atoms with Gasteiger partial charge >= 0.3 is 0 Å². The van der Waals surface area contributed by atoms with Crippen LogP contribution in [-0.2, 0) is 11.2 Å². The summed E-state index contributed by atoms with van der Waals surface area (Å²) in [6.07, 6.45) is 3.25. The number of carbonyl (C=O) groups is 2. The van der Waals surface area contributed by atoms with Crippen LogP contribution in [0.3, 0.4) is 0 Å². The molecule has 0 saturated heterocycles. The van der Waals surface area contributed by atoms with E-state index in [4.69, 9.17) is 0 Å². The second-order valence-electron chi connectivity index (χ2n) is 7.70. The van der Waals surface area contributed by atoms with E-state index in [1.807, 2.05) is 25.1 Å². The van der Waals surface area contributed by atoms with Gasteiger partial charge in [-0.25, -0.2) is 4.39 Å². The van der Waals surface area contributed by atoms with Crippen molar-refractivity contribution in [3.05, 3.63) is 100 Å². The molecule has 4 nitrogen and oxygen atoms in total. The first-order valence-corrected chi connectivity index (χ1v) is 11.3. The third kappa shape index (κ3) is 5.26. The van der Waals surface area contributed by atoms with Gasteiger partial charge in [0.2, 0.25) is 0 Å². The van der Waals surface area contributed by atoms with Gasteiger partial charge in [0, 0.05) is 22.1 Å². The quantitative estimate of drug-likeness (QED) is 0.480. The molecule has 0 spiro atoms. The van der Waals surface area contributed by atoms with Gasteiger partial charge < -0.3 is 10.6 Å². The molecule has 2 amide bonds. The van der Waals surface area contributed by atoms with Crippen LogP contribution in [-0.4, -0.2) is 17.9 Å². The van der Waals surface area contributed by atoms with Gasteiger partial charge in [-0.15, -0.1) is 0 Å². The summed E-state index contributed by atoms with van der Waals surface area (Å²) in [5, 5.41) is 5.84. The Kier molecular flexibility index (Phi) is 6.71. The highest BCUT2D eigenvalue weighted by Gasteiger charge is 2.23. The molecule has 6 heteroatoms. The third-order valence-electron chi connectivity index (χ3n) is 5.21. The minimum atomic E-state index is -0.382.